The first-order valence-corrected chi connectivity index (χ1v) is 12.9. The molecule has 0 radical (unpaired) electrons. The van der Waals surface area contributed by atoms with E-state index in [1.165, 1.54) is 11.3 Å². The predicted molar refractivity (Wildman–Crippen MR) is 128 cm³/mol. The third-order valence-corrected chi connectivity index (χ3v) is 7.76. The molecule has 1 aromatic heterocycles. The van der Waals surface area contributed by atoms with Crippen molar-refractivity contribution in [2.45, 2.75) is 58.0 Å². The maximum Gasteiger partial charge on any atom is 0.324 e. The molecule has 3 aliphatic rings. The van der Waals surface area contributed by atoms with Crippen molar-refractivity contribution in [1.82, 2.24) is 15.0 Å². The minimum Gasteiger partial charge on any atom is -0.493 e. The lowest BCUT2D eigenvalue weighted by atomic mass is 9.90. The quantitative estimate of drug-likeness (QED) is 0.559. The summed E-state index contributed by atoms with van der Waals surface area (Å²) in [4.78, 5) is 20.2. The van der Waals surface area contributed by atoms with Gasteiger partial charge >= 0.3 is 6.01 Å². The van der Waals surface area contributed by atoms with Crippen LogP contribution in [0.1, 0.15) is 56.8 Å². The minimum atomic E-state index is -0.780. The van der Waals surface area contributed by atoms with E-state index in [1.54, 1.807) is 0 Å². The lowest BCUT2D eigenvalue weighted by molar-refractivity contribution is -0.140. The van der Waals surface area contributed by atoms with E-state index in [-0.39, 0.29) is 36.7 Å². The van der Waals surface area contributed by atoms with E-state index in [9.17, 15) is 18.7 Å². The van der Waals surface area contributed by atoms with Crippen molar-refractivity contribution in [1.29, 1.82) is 0 Å². The number of anilines is 1. The Bertz CT molecular complexity index is 1060. The molecule has 0 bridgehead atoms. The number of likely N-dealkylation sites (tertiary alicyclic amines) is 1. The number of hydrogen-bond acceptors (Lipinski definition) is 7. The highest BCUT2D eigenvalue weighted by Crippen LogP contribution is 2.50. The predicted octanol–water partition coefficient (Wildman–Crippen LogP) is 3.54. The molecular formula is C26H34F2N4O4. The van der Waals surface area contributed by atoms with Crippen molar-refractivity contribution in [2.24, 2.45) is 17.8 Å². The summed E-state index contributed by atoms with van der Waals surface area (Å²) in [5, 5.41) is 13.4. The van der Waals surface area contributed by atoms with Crippen LogP contribution >= 0.6 is 0 Å². The van der Waals surface area contributed by atoms with Crippen LogP contribution in [0.25, 0.3) is 0 Å². The Morgan fingerprint density at radius 2 is 1.92 bits per heavy atom. The van der Waals surface area contributed by atoms with Crippen LogP contribution < -0.4 is 9.64 Å². The fourth-order valence-corrected chi connectivity index (χ4v) is 5.37. The Hall–Kier alpha value is -2.75. The normalized spacial score (nSPS) is 22.7. The molecule has 36 heavy (non-hydrogen) atoms. The maximum atomic E-state index is 14.5. The lowest BCUT2D eigenvalue weighted by Gasteiger charge is -2.36. The van der Waals surface area contributed by atoms with Crippen LogP contribution in [0.15, 0.2) is 16.7 Å². The number of carbonyl (C=O) groups excluding carboxylic acids is 1. The molecule has 1 aliphatic carbocycles. The molecule has 1 aromatic carbocycles. The minimum absolute atomic E-state index is 0.145. The van der Waals surface area contributed by atoms with E-state index in [4.69, 9.17) is 9.26 Å². The van der Waals surface area contributed by atoms with Crippen molar-refractivity contribution in [3.05, 3.63) is 35.2 Å². The Balaban J connectivity index is 1.04. The van der Waals surface area contributed by atoms with Crippen molar-refractivity contribution >= 4 is 11.9 Å². The summed E-state index contributed by atoms with van der Waals surface area (Å²) >= 11 is 0. The van der Waals surface area contributed by atoms with E-state index < -0.39 is 23.6 Å². The number of piperidine rings is 1. The molecule has 1 amide bonds. The van der Waals surface area contributed by atoms with Gasteiger partial charge in [0.2, 0.25) is 5.91 Å². The van der Waals surface area contributed by atoms with Gasteiger partial charge in [-0.2, -0.15) is 4.98 Å². The summed E-state index contributed by atoms with van der Waals surface area (Å²) in [6.07, 6.45) is 3.29. The van der Waals surface area contributed by atoms with Gasteiger partial charge in [0.1, 0.15) is 17.4 Å². The molecule has 1 N–H and O–H groups in total. The highest BCUT2D eigenvalue weighted by Gasteiger charge is 2.43. The van der Waals surface area contributed by atoms with Crippen LogP contribution in [-0.4, -0.2) is 64.9 Å². The number of amides is 1. The number of benzene rings is 1. The highest BCUT2D eigenvalue weighted by atomic mass is 19.1. The number of ether oxygens (including phenoxy) is 1. The van der Waals surface area contributed by atoms with Gasteiger partial charge in [-0.05, 0) is 43.4 Å². The van der Waals surface area contributed by atoms with Gasteiger partial charge in [0.15, 0.2) is 5.82 Å². The Morgan fingerprint density at radius 3 is 2.53 bits per heavy atom. The number of rotatable bonds is 9. The fourth-order valence-electron chi connectivity index (χ4n) is 5.37. The van der Waals surface area contributed by atoms with Crippen LogP contribution in [0, 0.1) is 29.4 Å². The average Bonchev–Trinajstić information content (AvgIpc) is 3.41. The number of aromatic nitrogens is 2. The first-order chi connectivity index (χ1) is 17.3. The molecule has 8 nitrogen and oxygen atoms in total. The number of carbonyl (C=O) groups is 1. The Kier molecular flexibility index (Phi) is 7.14. The van der Waals surface area contributed by atoms with Crippen LogP contribution in [0.3, 0.4) is 0 Å². The van der Waals surface area contributed by atoms with Crippen molar-refractivity contribution in [2.75, 3.05) is 37.7 Å². The summed E-state index contributed by atoms with van der Waals surface area (Å²) < 4.78 is 40.0. The molecule has 3 heterocycles. The van der Waals surface area contributed by atoms with Crippen LogP contribution in [-0.2, 0) is 11.2 Å². The molecule has 1 saturated carbocycles. The van der Waals surface area contributed by atoms with Crippen molar-refractivity contribution in [3.63, 3.8) is 0 Å². The zero-order valence-electron chi connectivity index (χ0n) is 20.8. The zero-order chi connectivity index (χ0) is 25.4. The molecule has 2 saturated heterocycles. The standard InChI is InChI=1S/C26H34F2N4O4/c1-15(2)25-29-26(36-30-25)31-6-3-16(4-7-31)20-9-17(20)5-8-35-19-10-22(27)21(23(28)11-19)12-24(34)32-13-18(33)14-32/h10-11,15-18,20,33H,3-9,12-14H2,1-2H3/t17-,20-/m1/s1. The lowest BCUT2D eigenvalue weighted by Crippen LogP contribution is -2.54. The number of aliphatic hydroxyl groups is 1. The molecule has 3 fully saturated rings. The van der Waals surface area contributed by atoms with E-state index in [1.807, 2.05) is 13.8 Å². The van der Waals surface area contributed by atoms with Gasteiger partial charge in [-0.25, -0.2) is 8.78 Å². The second-order valence-corrected chi connectivity index (χ2v) is 10.7. The number of nitrogens with zero attached hydrogens (tertiary/aromatic N) is 4. The SMILES string of the molecule is CC(C)c1noc(N2CCC([C@H]3C[C@H]3CCOc3cc(F)c(CC(=O)N4CC(O)C4)c(F)c3)CC2)n1. The molecule has 2 aliphatic heterocycles. The molecule has 0 spiro atoms. The van der Waals surface area contributed by atoms with E-state index in [0.29, 0.717) is 30.4 Å². The van der Waals surface area contributed by atoms with E-state index in [2.05, 4.69) is 15.0 Å². The Morgan fingerprint density at radius 1 is 1.22 bits per heavy atom. The first-order valence-electron chi connectivity index (χ1n) is 12.9. The molecular weight excluding hydrogens is 470 g/mol. The van der Waals surface area contributed by atoms with Crippen LogP contribution in [0.5, 0.6) is 5.75 Å². The molecule has 2 aromatic rings. The topological polar surface area (TPSA) is 91.9 Å². The largest absolute Gasteiger partial charge is 0.493 e. The number of halogens is 2. The summed E-state index contributed by atoms with van der Waals surface area (Å²) in [7, 11) is 0. The van der Waals surface area contributed by atoms with Gasteiger partial charge in [-0.15, -0.1) is 0 Å². The molecule has 196 valence electrons. The van der Waals surface area contributed by atoms with Crippen molar-refractivity contribution < 1.29 is 27.9 Å². The second-order valence-electron chi connectivity index (χ2n) is 10.7. The maximum absolute atomic E-state index is 14.5. The van der Waals surface area contributed by atoms with E-state index in [0.717, 1.165) is 50.3 Å². The number of hydrogen-bond donors (Lipinski definition) is 1. The van der Waals surface area contributed by atoms with Gasteiger partial charge in [0.25, 0.3) is 0 Å². The van der Waals surface area contributed by atoms with Gasteiger partial charge in [0.05, 0.1) is 19.1 Å². The summed E-state index contributed by atoms with van der Waals surface area (Å²) in [5.41, 5.74) is -0.261. The van der Waals surface area contributed by atoms with Gasteiger partial charge in [-0.1, -0.05) is 19.0 Å². The third-order valence-electron chi connectivity index (χ3n) is 7.76. The molecule has 10 heteroatoms. The smallest absolute Gasteiger partial charge is 0.324 e. The first kappa shape index (κ1) is 24.9. The average molecular weight is 505 g/mol. The Labute approximate surface area is 209 Å². The molecule has 0 unspecified atom stereocenters. The zero-order valence-corrected chi connectivity index (χ0v) is 20.8. The second kappa shape index (κ2) is 10.3. The molecule has 5 rings (SSSR count). The monoisotopic (exact) mass is 504 g/mol. The third kappa shape index (κ3) is 5.48. The van der Waals surface area contributed by atoms with Crippen LogP contribution in [0.4, 0.5) is 14.8 Å². The van der Waals surface area contributed by atoms with Gasteiger partial charge in [0, 0.05) is 49.8 Å². The summed E-state index contributed by atoms with van der Waals surface area (Å²) in [6.45, 7) is 6.74. The summed E-state index contributed by atoms with van der Waals surface area (Å²) in [5.74, 6) is 1.09. The number of aliphatic hydroxyl groups excluding tert-OH is 1. The fraction of sp³-hybridized carbons (Fsp3) is 0.654. The van der Waals surface area contributed by atoms with Crippen molar-refractivity contribution in [3.8, 4) is 5.75 Å². The van der Waals surface area contributed by atoms with Gasteiger partial charge < -0.3 is 24.2 Å². The van der Waals surface area contributed by atoms with Gasteiger partial charge in [-0.3, -0.25) is 4.79 Å². The van der Waals surface area contributed by atoms with Crippen LogP contribution in [0.2, 0.25) is 0 Å². The molecule has 2 atom stereocenters. The highest BCUT2D eigenvalue weighted by molar-refractivity contribution is 5.79. The summed E-state index contributed by atoms with van der Waals surface area (Å²) in [6, 6.07) is 2.92. The number of β-amino-alcohol motifs (C(OH)–C–C–N with tert-alkyl or cyclic N) is 1. The van der Waals surface area contributed by atoms with E-state index >= 15 is 0 Å².